The van der Waals surface area contributed by atoms with E-state index in [1.54, 1.807) is 0 Å². The molecule has 0 spiro atoms. The molecule has 0 aromatic rings. The molecule has 0 saturated carbocycles. The molecule has 0 aromatic heterocycles. The molecule has 0 bridgehead atoms. The Morgan fingerprint density at radius 3 is 1.29 bits per heavy atom. The number of hydrogen-bond acceptors (Lipinski definition) is 5. The van der Waals surface area contributed by atoms with E-state index in [1.807, 2.05) is 12.2 Å². The Morgan fingerprint density at radius 1 is 0.508 bits per heavy atom. The topological polar surface area (TPSA) is 95.9 Å². The van der Waals surface area contributed by atoms with Crippen molar-refractivity contribution in [3.05, 3.63) is 60.8 Å². The molecule has 0 aliphatic rings. The molecule has 0 saturated heterocycles. The van der Waals surface area contributed by atoms with E-state index in [-0.39, 0.29) is 24.9 Å². The second-order valence-electron chi connectivity index (χ2n) is 16.9. The van der Waals surface area contributed by atoms with E-state index in [4.69, 9.17) is 4.74 Å². The minimum absolute atomic E-state index is 0.000259. The second kappa shape index (κ2) is 46.6. The highest BCUT2D eigenvalue weighted by Gasteiger charge is 2.23. The van der Waals surface area contributed by atoms with E-state index in [1.165, 1.54) is 122 Å². The molecule has 1 amide bonds. The average Bonchev–Trinajstić information content (AvgIpc) is 3.23. The highest BCUT2D eigenvalue weighted by molar-refractivity contribution is 5.77. The van der Waals surface area contributed by atoms with Gasteiger partial charge in [0, 0.05) is 12.8 Å². The van der Waals surface area contributed by atoms with Crippen LogP contribution >= 0.6 is 0 Å². The summed E-state index contributed by atoms with van der Waals surface area (Å²) < 4.78 is 5.86. The summed E-state index contributed by atoms with van der Waals surface area (Å²) in [6.07, 6.45) is 57.3. The zero-order valence-electron chi connectivity index (χ0n) is 38.9. The first-order chi connectivity index (χ1) is 29.0. The summed E-state index contributed by atoms with van der Waals surface area (Å²) in [5.74, 6) is -0.577. The number of ether oxygens (including phenoxy) is 1. The van der Waals surface area contributed by atoms with Crippen LogP contribution in [0.1, 0.15) is 239 Å². The summed E-state index contributed by atoms with van der Waals surface area (Å²) in [6.45, 7) is 6.32. The lowest BCUT2D eigenvalue weighted by Crippen LogP contribution is -2.46. The molecule has 3 N–H and O–H groups in total. The lowest BCUT2D eigenvalue weighted by atomic mass is 10.0. The van der Waals surface area contributed by atoms with Crippen molar-refractivity contribution in [2.75, 3.05) is 6.61 Å². The maximum absolute atomic E-state index is 13.1. The quantitative estimate of drug-likeness (QED) is 0.0323. The molecular weight excluding hydrogens is 731 g/mol. The van der Waals surface area contributed by atoms with Crippen molar-refractivity contribution in [3.63, 3.8) is 0 Å². The summed E-state index contributed by atoms with van der Waals surface area (Å²) in [7, 11) is 0. The number of allylic oxidation sites excluding steroid dienone is 9. The van der Waals surface area contributed by atoms with Gasteiger partial charge in [0.15, 0.2) is 0 Å². The van der Waals surface area contributed by atoms with Gasteiger partial charge in [-0.3, -0.25) is 9.59 Å². The Hall–Kier alpha value is -2.44. The van der Waals surface area contributed by atoms with Crippen LogP contribution in [0.5, 0.6) is 0 Å². The van der Waals surface area contributed by atoms with Gasteiger partial charge < -0.3 is 20.3 Å². The molecule has 0 aliphatic heterocycles. The minimum Gasteiger partial charge on any atom is -0.461 e. The third-order valence-electron chi connectivity index (χ3n) is 11.1. The lowest BCUT2D eigenvalue weighted by molar-refractivity contribution is -0.150. The smallest absolute Gasteiger partial charge is 0.306 e. The van der Waals surface area contributed by atoms with E-state index in [0.717, 1.165) is 70.6 Å². The number of rotatable bonds is 44. The number of aliphatic hydroxyl groups excluding tert-OH is 2. The van der Waals surface area contributed by atoms with Crippen LogP contribution in [0.4, 0.5) is 0 Å². The number of nitrogens with one attached hydrogen (secondary N) is 1. The monoisotopic (exact) mass is 826 g/mol. The Morgan fingerprint density at radius 2 is 0.881 bits per heavy atom. The van der Waals surface area contributed by atoms with Crippen LogP contribution in [0.25, 0.3) is 0 Å². The van der Waals surface area contributed by atoms with Crippen molar-refractivity contribution in [1.82, 2.24) is 5.32 Å². The van der Waals surface area contributed by atoms with Gasteiger partial charge in [0.2, 0.25) is 5.91 Å². The zero-order chi connectivity index (χ0) is 43.1. The number of hydrogen-bond donors (Lipinski definition) is 3. The molecule has 0 fully saturated rings. The second-order valence-corrected chi connectivity index (χ2v) is 16.9. The first-order valence-corrected chi connectivity index (χ1v) is 25.0. The molecule has 6 nitrogen and oxygen atoms in total. The van der Waals surface area contributed by atoms with Gasteiger partial charge in [-0.15, -0.1) is 0 Å². The van der Waals surface area contributed by atoms with Gasteiger partial charge in [0.05, 0.1) is 25.2 Å². The number of carbonyl (C=O) groups excluding carboxylic acids is 2. The number of aliphatic hydroxyl groups is 2. The van der Waals surface area contributed by atoms with E-state index >= 15 is 0 Å². The summed E-state index contributed by atoms with van der Waals surface area (Å²) in [5.41, 5.74) is 0. The highest BCUT2D eigenvalue weighted by Crippen LogP contribution is 2.16. The summed E-state index contributed by atoms with van der Waals surface area (Å²) in [4.78, 5) is 26.0. The Kier molecular flexibility index (Phi) is 44.7. The van der Waals surface area contributed by atoms with Crippen molar-refractivity contribution in [3.8, 4) is 0 Å². The van der Waals surface area contributed by atoms with Crippen molar-refractivity contribution in [1.29, 1.82) is 0 Å². The van der Waals surface area contributed by atoms with E-state index in [2.05, 4.69) is 74.7 Å². The van der Waals surface area contributed by atoms with Crippen LogP contribution in [-0.4, -0.2) is 46.9 Å². The molecular formula is C53H95NO5. The Labute approximate surface area is 365 Å². The third-order valence-corrected chi connectivity index (χ3v) is 11.1. The van der Waals surface area contributed by atoms with Gasteiger partial charge in [-0.05, 0) is 44.9 Å². The highest BCUT2D eigenvalue weighted by atomic mass is 16.5. The Bertz CT molecular complexity index is 1060. The fraction of sp³-hybridized carbons (Fsp3) is 0.774. The third kappa shape index (κ3) is 42.1. The van der Waals surface area contributed by atoms with Crippen molar-refractivity contribution >= 4 is 11.9 Å². The average molecular weight is 826 g/mol. The predicted octanol–water partition coefficient (Wildman–Crippen LogP) is 14.8. The van der Waals surface area contributed by atoms with Crippen molar-refractivity contribution < 1.29 is 24.5 Å². The van der Waals surface area contributed by atoms with Crippen LogP contribution in [-0.2, 0) is 14.3 Å². The summed E-state index contributed by atoms with van der Waals surface area (Å²) >= 11 is 0. The van der Waals surface area contributed by atoms with Crippen LogP contribution < -0.4 is 5.32 Å². The Balaban J connectivity index is 4.69. The van der Waals surface area contributed by atoms with E-state index in [0.29, 0.717) is 19.3 Å². The number of carbonyl (C=O) groups is 2. The molecule has 0 aliphatic carbocycles. The predicted molar refractivity (Wildman–Crippen MR) is 255 cm³/mol. The summed E-state index contributed by atoms with van der Waals surface area (Å²) in [5, 5.41) is 23.6. The van der Waals surface area contributed by atoms with Gasteiger partial charge in [-0.25, -0.2) is 0 Å². The molecule has 3 unspecified atom stereocenters. The van der Waals surface area contributed by atoms with Gasteiger partial charge >= 0.3 is 5.97 Å². The van der Waals surface area contributed by atoms with Gasteiger partial charge in [0.25, 0.3) is 0 Å². The first-order valence-electron chi connectivity index (χ1n) is 25.0. The number of esters is 1. The van der Waals surface area contributed by atoms with Gasteiger partial charge in [-0.2, -0.15) is 0 Å². The van der Waals surface area contributed by atoms with Crippen LogP contribution in [0.15, 0.2) is 60.8 Å². The van der Waals surface area contributed by atoms with Crippen LogP contribution in [0.3, 0.4) is 0 Å². The lowest BCUT2D eigenvalue weighted by Gasteiger charge is -2.24. The fourth-order valence-electron chi connectivity index (χ4n) is 7.34. The fourth-order valence-corrected chi connectivity index (χ4v) is 7.34. The summed E-state index contributed by atoms with van der Waals surface area (Å²) in [6, 6.07) is -0.730. The normalized spacial score (nSPS) is 13.8. The molecule has 0 radical (unpaired) electrons. The molecule has 0 rings (SSSR count). The van der Waals surface area contributed by atoms with Gasteiger partial charge in [-0.1, -0.05) is 236 Å². The SMILES string of the molecule is CC/C=C\C/C=C\C/C=C\C/C=C\C/C=C\CC(CC(=O)NC(CO)C(O)CCCCCCCCCCC)OC(=O)CCCCCCCCCCCCCCCCCC. The van der Waals surface area contributed by atoms with E-state index in [9.17, 15) is 19.8 Å². The van der Waals surface area contributed by atoms with Gasteiger partial charge in [0.1, 0.15) is 6.10 Å². The minimum atomic E-state index is -0.810. The largest absolute Gasteiger partial charge is 0.461 e. The first kappa shape index (κ1) is 56.6. The van der Waals surface area contributed by atoms with Crippen LogP contribution in [0, 0.1) is 0 Å². The maximum Gasteiger partial charge on any atom is 0.306 e. The molecule has 342 valence electrons. The molecule has 59 heavy (non-hydrogen) atoms. The van der Waals surface area contributed by atoms with Crippen molar-refractivity contribution in [2.45, 2.75) is 257 Å². The standard InChI is InChI=1S/C53H95NO5/c1-4-7-10-13-16-19-21-23-25-27-29-31-34-37-40-43-46-53(58)59-49(44-41-38-35-33-30-28-26-24-22-20-17-14-11-8-5-2)47-52(57)54-50(48-55)51(56)45-42-39-36-32-18-15-12-9-6-3/h8,11,17,20,24,26,30,33,38,41,49-51,55-56H,4-7,9-10,12-16,18-19,21-23,25,27-29,31-32,34-37,39-40,42-48H2,1-3H3,(H,54,57)/b11-8-,20-17-,26-24-,33-30-,41-38-. The zero-order valence-corrected chi connectivity index (χ0v) is 38.9. The molecule has 6 heteroatoms. The van der Waals surface area contributed by atoms with E-state index < -0.39 is 18.2 Å². The number of unbranched alkanes of at least 4 members (excludes halogenated alkanes) is 23. The molecule has 0 aromatic carbocycles. The molecule has 3 atom stereocenters. The number of amides is 1. The molecule has 0 heterocycles. The van der Waals surface area contributed by atoms with Crippen LogP contribution in [0.2, 0.25) is 0 Å². The maximum atomic E-state index is 13.1. The van der Waals surface area contributed by atoms with Crippen molar-refractivity contribution in [2.24, 2.45) is 0 Å².